The summed E-state index contributed by atoms with van der Waals surface area (Å²) in [5.74, 6) is -0.155. The number of fused-ring (bicyclic) bond motifs is 2. The molecule has 3 aromatic carbocycles. The number of para-hydroxylation sites is 2. The van der Waals surface area contributed by atoms with Crippen molar-refractivity contribution in [3.05, 3.63) is 77.9 Å². The number of aryl methyl sites for hydroxylation is 1. The predicted octanol–water partition coefficient (Wildman–Crippen LogP) is 4.34. The van der Waals surface area contributed by atoms with Crippen molar-refractivity contribution in [1.82, 2.24) is 9.97 Å². The van der Waals surface area contributed by atoms with Gasteiger partial charge in [-0.25, -0.2) is 9.97 Å². The molecule has 0 aliphatic heterocycles. The van der Waals surface area contributed by atoms with E-state index in [9.17, 15) is 4.79 Å². The zero-order valence-corrected chi connectivity index (χ0v) is 13.2. The molecule has 0 atom stereocenters. The van der Waals surface area contributed by atoms with Gasteiger partial charge in [0, 0.05) is 11.3 Å². The van der Waals surface area contributed by atoms with E-state index in [2.05, 4.69) is 15.3 Å². The van der Waals surface area contributed by atoms with Crippen molar-refractivity contribution in [2.24, 2.45) is 0 Å². The lowest BCUT2D eigenvalue weighted by molar-refractivity contribution is 0.102. The summed E-state index contributed by atoms with van der Waals surface area (Å²) in [6.45, 7) is 1.99. The molecular formula is C20H15N3O. The molecule has 1 amide bonds. The number of rotatable bonds is 2. The highest BCUT2D eigenvalue weighted by Gasteiger charge is 2.09. The van der Waals surface area contributed by atoms with Crippen LogP contribution in [0.4, 0.5) is 5.69 Å². The van der Waals surface area contributed by atoms with Gasteiger partial charge in [-0.05, 0) is 55.0 Å². The third kappa shape index (κ3) is 2.70. The minimum absolute atomic E-state index is 0.155. The largest absolute Gasteiger partial charge is 0.322 e. The van der Waals surface area contributed by atoms with Gasteiger partial charge in [-0.2, -0.15) is 0 Å². The summed E-state index contributed by atoms with van der Waals surface area (Å²) in [5.41, 5.74) is 5.61. The van der Waals surface area contributed by atoms with Crippen molar-refractivity contribution in [2.45, 2.75) is 6.92 Å². The van der Waals surface area contributed by atoms with E-state index in [0.29, 0.717) is 11.1 Å². The molecule has 116 valence electrons. The Morgan fingerprint density at radius 1 is 0.792 bits per heavy atom. The number of nitrogens with one attached hydrogen (secondary N) is 1. The van der Waals surface area contributed by atoms with Crippen molar-refractivity contribution >= 4 is 33.7 Å². The number of nitrogens with zero attached hydrogens (tertiary/aromatic N) is 2. The molecule has 1 heterocycles. The SMILES string of the molecule is Cc1cccc(NC(=O)c2ccc3nc4ccccc4nc3c2)c1. The highest BCUT2D eigenvalue weighted by atomic mass is 16.1. The van der Waals surface area contributed by atoms with Gasteiger partial charge in [0.05, 0.1) is 22.1 Å². The molecule has 0 spiro atoms. The van der Waals surface area contributed by atoms with E-state index in [-0.39, 0.29) is 5.91 Å². The maximum atomic E-state index is 12.5. The summed E-state index contributed by atoms with van der Waals surface area (Å²) in [5, 5.41) is 2.91. The average molecular weight is 313 g/mol. The minimum Gasteiger partial charge on any atom is -0.322 e. The van der Waals surface area contributed by atoms with Gasteiger partial charge >= 0.3 is 0 Å². The van der Waals surface area contributed by atoms with Crippen LogP contribution in [0.2, 0.25) is 0 Å². The number of hydrogen-bond donors (Lipinski definition) is 1. The first-order valence-electron chi connectivity index (χ1n) is 7.74. The Hall–Kier alpha value is -3.27. The van der Waals surface area contributed by atoms with Crippen molar-refractivity contribution < 1.29 is 4.79 Å². The van der Waals surface area contributed by atoms with Crippen LogP contribution in [0.15, 0.2) is 66.7 Å². The second-order valence-corrected chi connectivity index (χ2v) is 5.74. The molecule has 0 unspecified atom stereocenters. The maximum absolute atomic E-state index is 12.5. The normalized spacial score (nSPS) is 10.9. The first kappa shape index (κ1) is 14.3. The smallest absolute Gasteiger partial charge is 0.255 e. The van der Waals surface area contributed by atoms with E-state index in [1.54, 1.807) is 12.1 Å². The van der Waals surface area contributed by atoms with Gasteiger partial charge in [0.2, 0.25) is 0 Å². The highest BCUT2D eigenvalue weighted by Crippen LogP contribution is 2.18. The van der Waals surface area contributed by atoms with Crippen LogP contribution >= 0.6 is 0 Å². The van der Waals surface area contributed by atoms with Crippen molar-refractivity contribution in [1.29, 1.82) is 0 Å². The summed E-state index contributed by atoms with van der Waals surface area (Å²) in [6, 6.07) is 20.8. The second-order valence-electron chi connectivity index (χ2n) is 5.74. The van der Waals surface area contributed by atoms with E-state index in [0.717, 1.165) is 27.8 Å². The lowest BCUT2D eigenvalue weighted by Gasteiger charge is -2.07. The maximum Gasteiger partial charge on any atom is 0.255 e. The molecule has 1 N–H and O–H groups in total. The lowest BCUT2D eigenvalue weighted by Crippen LogP contribution is -2.12. The van der Waals surface area contributed by atoms with Gasteiger partial charge in [-0.3, -0.25) is 4.79 Å². The number of anilines is 1. The van der Waals surface area contributed by atoms with Crippen molar-refractivity contribution in [3.8, 4) is 0 Å². The third-order valence-electron chi connectivity index (χ3n) is 3.88. The molecule has 0 bridgehead atoms. The number of benzene rings is 3. The van der Waals surface area contributed by atoms with Gasteiger partial charge in [0.1, 0.15) is 0 Å². The van der Waals surface area contributed by atoms with Gasteiger partial charge in [0.15, 0.2) is 0 Å². The second kappa shape index (κ2) is 5.74. The molecule has 0 saturated heterocycles. The van der Waals surface area contributed by atoms with Gasteiger partial charge in [0.25, 0.3) is 5.91 Å². The van der Waals surface area contributed by atoms with Crippen molar-refractivity contribution in [2.75, 3.05) is 5.32 Å². The Labute approximate surface area is 139 Å². The summed E-state index contributed by atoms with van der Waals surface area (Å²) >= 11 is 0. The van der Waals surface area contributed by atoms with Crippen LogP contribution in [-0.4, -0.2) is 15.9 Å². The molecule has 4 nitrogen and oxygen atoms in total. The van der Waals surface area contributed by atoms with Crippen LogP contribution in [0.5, 0.6) is 0 Å². The molecular weight excluding hydrogens is 298 g/mol. The van der Waals surface area contributed by atoms with E-state index in [1.165, 1.54) is 0 Å². The number of carbonyl (C=O) groups is 1. The fourth-order valence-electron chi connectivity index (χ4n) is 2.69. The molecule has 4 rings (SSSR count). The standard InChI is InChI=1S/C20H15N3O/c1-13-5-4-6-15(11-13)21-20(24)14-9-10-18-19(12-14)23-17-8-3-2-7-16(17)22-18/h2-12H,1H3,(H,21,24). The van der Waals surface area contributed by atoms with Gasteiger partial charge in [-0.15, -0.1) is 0 Å². The highest BCUT2D eigenvalue weighted by molar-refractivity contribution is 6.06. The average Bonchev–Trinajstić information content (AvgIpc) is 2.59. The van der Waals surface area contributed by atoms with Crippen molar-refractivity contribution in [3.63, 3.8) is 0 Å². The monoisotopic (exact) mass is 313 g/mol. The summed E-state index contributed by atoms with van der Waals surface area (Å²) in [6.07, 6.45) is 0. The van der Waals surface area contributed by atoms with Gasteiger partial charge in [-0.1, -0.05) is 24.3 Å². The number of hydrogen-bond acceptors (Lipinski definition) is 3. The number of aromatic nitrogens is 2. The molecule has 0 aliphatic rings. The summed E-state index contributed by atoms with van der Waals surface area (Å²) in [4.78, 5) is 21.7. The number of amides is 1. The molecule has 0 fully saturated rings. The zero-order chi connectivity index (χ0) is 16.5. The quantitative estimate of drug-likeness (QED) is 0.560. The fourth-order valence-corrected chi connectivity index (χ4v) is 2.69. The van der Waals surface area contributed by atoms with Crippen LogP contribution in [-0.2, 0) is 0 Å². The lowest BCUT2D eigenvalue weighted by atomic mass is 10.1. The van der Waals surface area contributed by atoms with Crippen LogP contribution < -0.4 is 5.32 Å². The van der Waals surface area contributed by atoms with E-state index >= 15 is 0 Å². The number of carbonyl (C=O) groups excluding carboxylic acids is 1. The molecule has 0 saturated carbocycles. The Kier molecular flexibility index (Phi) is 3.43. The Morgan fingerprint density at radius 2 is 1.50 bits per heavy atom. The Bertz CT molecular complexity index is 1070. The predicted molar refractivity (Wildman–Crippen MR) is 96.2 cm³/mol. The topological polar surface area (TPSA) is 54.9 Å². The van der Waals surface area contributed by atoms with Crippen LogP contribution in [0.1, 0.15) is 15.9 Å². The Morgan fingerprint density at radius 3 is 2.25 bits per heavy atom. The van der Waals surface area contributed by atoms with Crippen LogP contribution in [0.3, 0.4) is 0 Å². The van der Waals surface area contributed by atoms with Crippen LogP contribution in [0, 0.1) is 6.92 Å². The van der Waals surface area contributed by atoms with E-state index in [1.807, 2.05) is 61.5 Å². The van der Waals surface area contributed by atoms with Crippen LogP contribution in [0.25, 0.3) is 22.1 Å². The molecule has 4 heteroatoms. The first-order valence-corrected chi connectivity index (χ1v) is 7.74. The minimum atomic E-state index is -0.155. The Balaban J connectivity index is 1.71. The zero-order valence-electron chi connectivity index (χ0n) is 13.2. The third-order valence-corrected chi connectivity index (χ3v) is 3.88. The van der Waals surface area contributed by atoms with E-state index < -0.39 is 0 Å². The summed E-state index contributed by atoms with van der Waals surface area (Å²) in [7, 11) is 0. The summed E-state index contributed by atoms with van der Waals surface area (Å²) < 4.78 is 0. The molecule has 0 radical (unpaired) electrons. The molecule has 1 aromatic heterocycles. The van der Waals surface area contributed by atoms with Gasteiger partial charge < -0.3 is 5.32 Å². The first-order chi connectivity index (χ1) is 11.7. The molecule has 24 heavy (non-hydrogen) atoms. The van der Waals surface area contributed by atoms with E-state index in [4.69, 9.17) is 0 Å². The molecule has 0 aliphatic carbocycles. The fraction of sp³-hybridized carbons (Fsp3) is 0.0500. The molecule has 4 aromatic rings.